The van der Waals surface area contributed by atoms with Crippen LogP contribution in [0.5, 0.6) is 0 Å². The Labute approximate surface area is 83.9 Å². The molecule has 1 aromatic carbocycles. The lowest BCUT2D eigenvalue weighted by atomic mass is 10.1. The van der Waals surface area contributed by atoms with Crippen LogP contribution in [0.3, 0.4) is 0 Å². The number of para-hydroxylation sites is 1. The van der Waals surface area contributed by atoms with Crippen LogP contribution in [0.15, 0.2) is 24.3 Å². The fraction of sp³-hybridized carbons (Fsp3) is 0.364. The van der Waals surface area contributed by atoms with Gasteiger partial charge in [0.05, 0.1) is 0 Å². The van der Waals surface area contributed by atoms with Gasteiger partial charge in [-0.1, -0.05) is 18.2 Å². The molecule has 0 saturated carbocycles. The molecule has 1 aliphatic rings. The molecule has 0 radical (unpaired) electrons. The van der Waals surface area contributed by atoms with E-state index in [1.165, 1.54) is 5.56 Å². The van der Waals surface area contributed by atoms with Gasteiger partial charge < -0.3 is 4.90 Å². The zero-order valence-corrected chi connectivity index (χ0v) is 8.53. The van der Waals surface area contributed by atoms with Gasteiger partial charge in [0.1, 0.15) is 0 Å². The Morgan fingerprint density at radius 3 is 2.71 bits per heavy atom. The van der Waals surface area contributed by atoms with Gasteiger partial charge in [-0.25, -0.2) is 4.79 Å². The Morgan fingerprint density at radius 1 is 1.21 bits per heavy atom. The molecule has 14 heavy (non-hydrogen) atoms. The second-order valence-electron chi connectivity index (χ2n) is 3.64. The van der Waals surface area contributed by atoms with Crippen molar-refractivity contribution in [3.05, 3.63) is 29.8 Å². The van der Waals surface area contributed by atoms with Crippen molar-refractivity contribution in [1.29, 1.82) is 0 Å². The molecule has 0 N–H and O–H groups in total. The van der Waals surface area contributed by atoms with Crippen molar-refractivity contribution in [3.63, 3.8) is 0 Å². The standard InChI is InChI=1S/C11H14N2O/c1-12-8-7-9-5-3-4-6-10(9)13(2)11(12)14/h3-6H,7-8H2,1-2H3. The second-order valence-corrected chi connectivity index (χ2v) is 3.64. The Bertz CT molecular complexity index is 362. The van der Waals surface area contributed by atoms with Crippen molar-refractivity contribution in [2.75, 3.05) is 25.5 Å². The molecule has 74 valence electrons. The van der Waals surface area contributed by atoms with E-state index in [0.717, 1.165) is 18.7 Å². The molecule has 3 nitrogen and oxygen atoms in total. The van der Waals surface area contributed by atoms with Crippen LogP contribution in [0.25, 0.3) is 0 Å². The predicted octanol–water partition coefficient (Wildman–Crippen LogP) is 1.73. The average Bonchev–Trinajstić information content (AvgIpc) is 2.32. The fourth-order valence-corrected chi connectivity index (χ4v) is 1.79. The predicted molar refractivity (Wildman–Crippen MR) is 56.6 cm³/mol. The first-order chi connectivity index (χ1) is 6.70. The minimum Gasteiger partial charge on any atom is -0.327 e. The number of carbonyl (C=O) groups excluding carboxylic acids is 1. The maximum absolute atomic E-state index is 11.8. The van der Waals surface area contributed by atoms with E-state index in [2.05, 4.69) is 6.07 Å². The summed E-state index contributed by atoms with van der Waals surface area (Å²) in [4.78, 5) is 15.2. The van der Waals surface area contributed by atoms with Crippen molar-refractivity contribution in [2.45, 2.75) is 6.42 Å². The zero-order chi connectivity index (χ0) is 10.1. The topological polar surface area (TPSA) is 23.6 Å². The smallest absolute Gasteiger partial charge is 0.323 e. The molecular weight excluding hydrogens is 176 g/mol. The van der Waals surface area contributed by atoms with Crippen LogP contribution in [0.1, 0.15) is 5.56 Å². The lowest BCUT2D eigenvalue weighted by molar-refractivity contribution is 0.218. The van der Waals surface area contributed by atoms with E-state index in [4.69, 9.17) is 0 Å². The number of carbonyl (C=O) groups is 1. The highest BCUT2D eigenvalue weighted by Gasteiger charge is 2.21. The van der Waals surface area contributed by atoms with Crippen molar-refractivity contribution in [3.8, 4) is 0 Å². The van der Waals surface area contributed by atoms with Crippen LogP contribution in [0.4, 0.5) is 10.5 Å². The highest BCUT2D eigenvalue weighted by molar-refractivity contribution is 5.92. The summed E-state index contributed by atoms with van der Waals surface area (Å²) in [5.74, 6) is 0. The lowest BCUT2D eigenvalue weighted by Gasteiger charge is -2.21. The van der Waals surface area contributed by atoms with E-state index in [-0.39, 0.29) is 6.03 Å². The quantitative estimate of drug-likeness (QED) is 0.611. The number of fused-ring (bicyclic) bond motifs is 1. The number of rotatable bonds is 0. The Hall–Kier alpha value is -1.51. The number of amides is 2. The van der Waals surface area contributed by atoms with Gasteiger partial charge in [-0.3, -0.25) is 4.90 Å². The van der Waals surface area contributed by atoms with Crippen molar-refractivity contribution in [2.24, 2.45) is 0 Å². The third kappa shape index (κ3) is 1.35. The van der Waals surface area contributed by atoms with Gasteiger partial charge in [0.2, 0.25) is 0 Å². The van der Waals surface area contributed by atoms with Gasteiger partial charge in [0.15, 0.2) is 0 Å². The first kappa shape index (κ1) is 9.06. The molecule has 1 aromatic rings. The van der Waals surface area contributed by atoms with E-state index in [0.29, 0.717) is 0 Å². The van der Waals surface area contributed by atoms with Gasteiger partial charge in [-0.05, 0) is 18.1 Å². The number of hydrogen-bond donors (Lipinski definition) is 0. The monoisotopic (exact) mass is 190 g/mol. The normalized spacial score (nSPS) is 16.6. The summed E-state index contributed by atoms with van der Waals surface area (Å²) in [5.41, 5.74) is 2.27. The summed E-state index contributed by atoms with van der Waals surface area (Å²) in [7, 11) is 3.66. The number of benzene rings is 1. The highest BCUT2D eigenvalue weighted by atomic mass is 16.2. The zero-order valence-electron chi connectivity index (χ0n) is 8.53. The fourth-order valence-electron chi connectivity index (χ4n) is 1.79. The van der Waals surface area contributed by atoms with E-state index in [1.807, 2.05) is 32.3 Å². The molecule has 0 bridgehead atoms. The maximum atomic E-state index is 11.8. The van der Waals surface area contributed by atoms with Gasteiger partial charge in [0.25, 0.3) is 0 Å². The molecule has 0 spiro atoms. The molecule has 3 heteroatoms. The summed E-state index contributed by atoms with van der Waals surface area (Å²) >= 11 is 0. The van der Waals surface area contributed by atoms with Crippen molar-refractivity contribution < 1.29 is 4.79 Å². The van der Waals surface area contributed by atoms with Gasteiger partial charge in [-0.2, -0.15) is 0 Å². The van der Waals surface area contributed by atoms with Gasteiger partial charge in [-0.15, -0.1) is 0 Å². The third-order valence-corrected chi connectivity index (χ3v) is 2.68. The third-order valence-electron chi connectivity index (χ3n) is 2.68. The summed E-state index contributed by atoms with van der Waals surface area (Å²) in [6.07, 6.45) is 0.933. The van der Waals surface area contributed by atoms with Crippen molar-refractivity contribution >= 4 is 11.7 Å². The molecule has 2 amide bonds. The minimum atomic E-state index is 0.0648. The van der Waals surface area contributed by atoms with Crippen LogP contribution in [-0.4, -0.2) is 31.6 Å². The lowest BCUT2D eigenvalue weighted by Crippen LogP contribution is -2.37. The largest absolute Gasteiger partial charge is 0.327 e. The van der Waals surface area contributed by atoms with Crippen LogP contribution >= 0.6 is 0 Å². The first-order valence-electron chi connectivity index (χ1n) is 4.77. The number of likely N-dealkylation sites (N-methyl/N-ethyl adjacent to an activating group) is 1. The minimum absolute atomic E-state index is 0.0648. The summed E-state index contributed by atoms with van der Waals surface area (Å²) in [6.45, 7) is 0.792. The molecule has 0 fully saturated rings. The van der Waals surface area contributed by atoms with E-state index >= 15 is 0 Å². The second kappa shape index (κ2) is 3.33. The van der Waals surface area contributed by atoms with Crippen LogP contribution in [0, 0.1) is 0 Å². The first-order valence-corrected chi connectivity index (χ1v) is 4.77. The molecule has 0 atom stereocenters. The molecule has 1 aliphatic heterocycles. The summed E-state index contributed by atoms with van der Waals surface area (Å²) in [6, 6.07) is 8.12. The summed E-state index contributed by atoms with van der Waals surface area (Å²) < 4.78 is 0. The Morgan fingerprint density at radius 2 is 1.93 bits per heavy atom. The van der Waals surface area contributed by atoms with E-state index in [1.54, 1.807) is 9.80 Å². The van der Waals surface area contributed by atoms with Crippen LogP contribution < -0.4 is 4.90 Å². The molecule has 0 saturated heterocycles. The van der Waals surface area contributed by atoms with Crippen molar-refractivity contribution in [1.82, 2.24) is 4.90 Å². The highest BCUT2D eigenvalue weighted by Crippen LogP contribution is 2.23. The number of nitrogens with zero attached hydrogens (tertiary/aromatic N) is 2. The maximum Gasteiger partial charge on any atom is 0.323 e. The van der Waals surface area contributed by atoms with Crippen LogP contribution in [-0.2, 0) is 6.42 Å². The number of hydrogen-bond acceptors (Lipinski definition) is 1. The van der Waals surface area contributed by atoms with Gasteiger partial charge in [0, 0.05) is 26.3 Å². The molecule has 0 unspecified atom stereocenters. The number of urea groups is 1. The Balaban J connectivity index is 2.45. The Kier molecular flexibility index (Phi) is 2.15. The molecule has 1 heterocycles. The SMILES string of the molecule is CN1CCc2ccccc2N(C)C1=O. The molecular formula is C11H14N2O. The molecule has 0 aromatic heterocycles. The average molecular weight is 190 g/mol. The van der Waals surface area contributed by atoms with Crippen LogP contribution in [0.2, 0.25) is 0 Å². The van der Waals surface area contributed by atoms with Gasteiger partial charge >= 0.3 is 6.03 Å². The summed E-state index contributed by atoms with van der Waals surface area (Å²) in [5, 5.41) is 0. The van der Waals surface area contributed by atoms with E-state index < -0.39 is 0 Å². The molecule has 0 aliphatic carbocycles. The van der Waals surface area contributed by atoms with E-state index in [9.17, 15) is 4.79 Å². The molecule has 2 rings (SSSR count). The number of anilines is 1.